The third kappa shape index (κ3) is 5.13. The van der Waals surface area contributed by atoms with Gasteiger partial charge in [0.1, 0.15) is 4.88 Å². The van der Waals surface area contributed by atoms with Gasteiger partial charge in [-0.1, -0.05) is 0 Å². The molecule has 0 fully saturated rings. The molecule has 112 valence electrons. The number of hydrogen-bond donors (Lipinski definition) is 2. The van der Waals surface area contributed by atoms with E-state index in [4.69, 9.17) is 10.2 Å². The predicted octanol–water partition coefficient (Wildman–Crippen LogP) is 2.71. The SMILES string of the molecule is CC(N)CCNC(=O)c1cnc(-c2ccco2)s1.Cl.Cl. The van der Waals surface area contributed by atoms with Crippen LogP contribution in [0.25, 0.3) is 10.8 Å². The summed E-state index contributed by atoms with van der Waals surface area (Å²) in [4.78, 5) is 16.5. The van der Waals surface area contributed by atoms with Crippen molar-refractivity contribution in [1.82, 2.24) is 10.3 Å². The van der Waals surface area contributed by atoms with E-state index in [0.717, 1.165) is 6.42 Å². The first kappa shape index (κ1) is 18.9. The van der Waals surface area contributed by atoms with Crippen LogP contribution < -0.4 is 11.1 Å². The molecule has 20 heavy (non-hydrogen) atoms. The molecule has 2 rings (SSSR count). The largest absolute Gasteiger partial charge is 0.462 e. The molecule has 1 atom stereocenters. The number of hydrogen-bond acceptors (Lipinski definition) is 5. The zero-order valence-electron chi connectivity index (χ0n) is 10.9. The van der Waals surface area contributed by atoms with Gasteiger partial charge in [0.05, 0.1) is 12.5 Å². The molecule has 8 heteroatoms. The molecular formula is C12H17Cl2N3O2S. The number of aromatic nitrogens is 1. The van der Waals surface area contributed by atoms with E-state index in [2.05, 4.69) is 10.3 Å². The number of furan rings is 1. The van der Waals surface area contributed by atoms with Gasteiger partial charge in [0.15, 0.2) is 10.8 Å². The first-order valence-corrected chi connectivity index (χ1v) is 6.52. The predicted molar refractivity (Wildman–Crippen MR) is 84.9 cm³/mol. The van der Waals surface area contributed by atoms with Crippen molar-refractivity contribution in [3.05, 3.63) is 29.5 Å². The van der Waals surface area contributed by atoms with E-state index in [1.54, 1.807) is 18.5 Å². The van der Waals surface area contributed by atoms with E-state index < -0.39 is 0 Å². The van der Waals surface area contributed by atoms with Crippen molar-refractivity contribution < 1.29 is 9.21 Å². The highest BCUT2D eigenvalue weighted by atomic mass is 35.5. The van der Waals surface area contributed by atoms with Gasteiger partial charge in [-0.15, -0.1) is 36.2 Å². The lowest BCUT2D eigenvalue weighted by Crippen LogP contribution is -2.28. The minimum absolute atomic E-state index is 0. The summed E-state index contributed by atoms with van der Waals surface area (Å²) in [5.41, 5.74) is 5.61. The maximum absolute atomic E-state index is 11.8. The molecule has 0 aliphatic rings. The molecule has 2 heterocycles. The highest BCUT2D eigenvalue weighted by Gasteiger charge is 2.12. The highest BCUT2D eigenvalue weighted by molar-refractivity contribution is 7.16. The summed E-state index contributed by atoms with van der Waals surface area (Å²) in [6.07, 6.45) is 3.90. The van der Waals surface area contributed by atoms with Gasteiger partial charge >= 0.3 is 0 Å². The molecule has 0 aliphatic carbocycles. The lowest BCUT2D eigenvalue weighted by atomic mass is 10.2. The summed E-state index contributed by atoms with van der Waals surface area (Å²) in [6.45, 7) is 2.48. The number of carbonyl (C=O) groups is 1. The van der Waals surface area contributed by atoms with E-state index in [1.807, 2.05) is 13.0 Å². The third-order valence-electron chi connectivity index (χ3n) is 2.35. The maximum atomic E-state index is 11.8. The number of rotatable bonds is 5. The minimum atomic E-state index is -0.119. The molecule has 0 aromatic carbocycles. The van der Waals surface area contributed by atoms with Crippen molar-refractivity contribution >= 4 is 42.1 Å². The van der Waals surface area contributed by atoms with Gasteiger partial charge in [-0.2, -0.15) is 0 Å². The van der Waals surface area contributed by atoms with Gasteiger partial charge < -0.3 is 15.5 Å². The second-order valence-corrected chi connectivity index (χ2v) is 5.06. The van der Waals surface area contributed by atoms with Gasteiger partial charge in [0, 0.05) is 12.6 Å². The van der Waals surface area contributed by atoms with Crippen molar-refractivity contribution in [2.45, 2.75) is 19.4 Å². The Kier molecular flexibility index (Phi) is 8.48. The molecule has 0 radical (unpaired) electrons. The molecule has 0 bridgehead atoms. The fourth-order valence-corrected chi connectivity index (χ4v) is 2.19. The third-order valence-corrected chi connectivity index (χ3v) is 3.36. The number of thiazole rings is 1. The number of nitrogens with two attached hydrogens (primary N) is 1. The Labute approximate surface area is 133 Å². The van der Waals surface area contributed by atoms with Gasteiger partial charge in [-0.3, -0.25) is 4.79 Å². The lowest BCUT2D eigenvalue weighted by Gasteiger charge is -2.05. The Morgan fingerprint density at radius 2 is 2.30 bits per heavy atom. The van der Waals surface area contributed by atoms with Crippen molar-refractivity contribution in [3.8, 4) is 10.8 Å². The smallest absolute Gasteiger partial charge is 0.263 e. The van der Waals surface area contributed by atoms with Crippen LogP contribution in [0.3, 0.4) is 0 Å². The van der Waals surface area contributed by atoms with Crippen LogP contribution >= 0.6 is 36.2 Å². The number of nitrogens with zero attached hydrogens (tertiary/aromatic N) is 1. The fraction of sp³-hybridized carbons (Fsp3) is 0.333. The van der Waals surface area contributed by atoms with E-state index in [1.165, 1.54) is 11.3 Å². The molecule has 5 nitrogen and oxygen atoms in total. The van der Waals surface area contributed by atoms with Crippen molar-refractivity contribution in [2.24, 2.45) is 5.73 Å². The highest BCUT2D eigenvalue weighted by Crippen LogP contribution is 2.25. The van der Waals surface area contributed by atoms with Crippen LogP contribution in [0.4, 0.5) is 0 Å². The number of halogens is 2. The molecule has 3 N–H and O–H groups in total. The summed E-state index contributed by atoms with van der Waals surface area (Å²) < 4.78 is 5.22. The molecule has 0 saturated carbocycles. The van der Waals surface area contributed by atoms with E-state index in [-0.39, 0.29) is 36.8 Å². The van der Waals surface area contributed by atoms with Crippen molar-refractivity contribution in [2.75, 3.05) is 6.54 Å². The Balaban J connectivity index is 0.00000180. The maximum Gasteiger partial charge on any atom is 0.263 e. The number of nitrogens with one attached hydrogen (secondary N) is 1. The van der Waals surface area contributed by atoms with E-state index in [9.17, 15) is 4.79 Å². The zero-order valence-corrected chi connectivity index (χ0v) is 13.3. The van der Waals surface area contributed by atoms with E-state index >= 15 is 0 Å². The molecule has 1 amide bonds. The summed E-state index contributed by atoms with van der Waals surface area (Å²) in [6, 6.07) is 3.70. The zero-order chi connectivity index (χ0) is 13.0. The normalized spacial score (nSPS) is 11.1. The minimum Gasteiger partial charge on any atom is -0.462 e. The van der Waals surface area contributed by atoms with Crippen LogP contribution in [-0.2, 0) is 0 Å². The van der Waals surface area contributed by atoms with Gasteiger partial charge in [0.2, 0.25) is 0 Å². The van der Waals surface area contributed by atoms with Crippen molar-refractivity contribution in [3.63, 3.8) is 0 Å². The summed E-state index contributed by atoms with van der Waals surface area (Å²) in [7, 11) is 0. The number of carbonyl (C=O) groups excluding carboxylic acids is 1. The molecule has 2 aromatic rings. The van der Waals surface area contributed by atoms with Gasteiger partial charge in [-0.05, 0) is 25.5 Å². The molecule has 0 saturated heterocycles. The Hall–Kier alpha value is -1.08. The molecular weight excluding hydrogens is 321 g/mol. The number of amides is 1. The van der Waals surface area contributed by atoms with Crippen LogP contribution in [0.2, 0.25) is 0 Å². The van der Waals surface area contributed by atoms with Crippen LogP contribution in [0.5, 0.6) is 0 Å². The standard InChI is InChI=1S/C12H15N3O2S.2ClH/c1-8(13)4-5-14-11(16)10-7-15-12(18-10)9-3-2-6-17-9;;/h2-3,6-8H,4-5,13H2,1H3,(H,14,16);2*1H. The molecule has 1 unspecified atom stereocenters. The Morgan fingerprint density at radius 3 is 2.90 bits per heavy atom. The quantitative estimate of drug-likeness (QED) is 0.878. The Morgan fingerprint density at radius 1 is 1.55 bits per heavy atom. The van der Waals surface area contributed by atoms with Crippen molar-refractivity contribution in [1.29, 1.82) is 0 Å². The second-order valence-electron chi connectivity index (χ2n) is 4.03. The first-order chi connectivity index (χ1) is 8.66. The van der Waals surface area contributed by atoms with Crippen LogP contribution in [0.1, 0.15) is 23.0 Å². The Bertz CT molecular complexity index is 515. The lowest BCUT2D eigenvalue weighted by molar-refractivity contribution is 0.0956. The fourth-order valence-electron chi connectivity index (χ4n) is 1.39. The average molecular weight is 338 g/mol. The second kappa shape index (κ2) is 8.97. The molecule has 2 aromatic heterocycles. The monoisotopic (exact) mass is 337 g/mol. The van der Waals surface area contributed by atoms with Gasteiger partial charge in [-0.25, -0.2) is 4.98 Å². The van der Waals surface area contributed by atoms with Crippen LogP contribution in [0, 0.1) is 0 Å². The van der Waals surface area contributed by atoms with E-state index in [0.29, 0.717) is 22.2 Å². The molecule has 0 aliphatic heterocycles. The van der Waals surface area contributed by atoms with Gasteiger partial charge in [0.25, 0.3) is 5.91 Å². The van der Waals surface area contributed by atoms with Crippen LogP contribution in [0.15, 0.2) is 29.0 Å². The first-order valence-electron chi connectivity index (χ1n) is 5.70. The summed E-state index contributed by atoms with van der Waals surface area (Å²) in [5, 5.41) is 3.52. The molecule has 0 spiro atoms. The summed E-state index contributed by atoms with van der Waals surface area (Å²) >= 11 is 1.31. The van der Waals surface area contributed by atoms with Crippen LogP contribution in [-0.4, -0.2) is 23.5 Å². The average Bonchev–Trinajstić information content (AvgIpc) is 2.99. The summed E-state index contributed by atoms with van der Waals surface area (Å²) in [5.74, 6) is 0.556. The topological polar surface area (TPSA) is 81.1 Å².